The van der Waals surface area contributed by atoms with Gasteiger partial charge in [-0.25, -0.2) is 0 Å². The zero-order chi connectivity index (χ0) is 21.4. The number of para-hydroxylation sites is 1. The number of nitrogens with zero attached hydrogens (tertiary/aromatic N) is 1. The minimum atomic E-state index is -0.620. The number of hydrogen-bond donors (Lipinski definition) is 1. The summed E-state index contributed by atoms with van der Waals surface area (Å²) in [6.07, 6.45) is 1.52. The van der Waals surface area contributed by atoms with E-state index in [0.29, 0.717) is 40.7 Å². The highest BCUT2D eigenvalue weighted by Crippen LogP contribution is 2.33. The molecule has 1 aliphatic rings. The van der Waals surface area contributed by atoms with Gasteiger partial charge in [0, 0.05) is 16.7 Å². The SMILES string of the molecule is O=C1c2ccccc2NC(c2coc3ccc(Br)cc3c2=O)N1CCc1ccccc1. The third kappa shape index (κ3) is 3.64. The summed E-state index contributed by atoms with van der Waals surface area (Å²) in [5.41, 5.74) is 3.19. The van der Waals surface area contributed by atoms with Crippen LogP contribution in [0.1, 0.15) is 27.7 Å². The van der Waals surface area contributed by atoms with Crippen LogP contribution < -0.4 is 10.7 Å². The molecule has 1 N–H and O–H groups in total. The van der Waals surface area contributed by atoms with Crippen LogP contribution in [0.3, 0.4) is 0 Å². The zero-order valence-corrected chi connectivity index (χ0v) is 18.1. The number of halogens is 1. The number of anilines is 1. The molecule has 31 heavy (non-hydrogen) atoms. The van der Waals surface area contributed by atoms with Gasteiger partial charge in [0.2, 0.25) is 0 Å². The van der Waals surface area contributed by atoms with Crippen molar-refractivity contribution in [2.45, 2.75) is 12.6 Å². The predicted octanol–water partition coefficient (Wildman–Crippen LogP) is 5.36. The molecule has 0 fully saturated rings. The van der Waals surface area contributed by atoms with Crippen LogP contribution in [0.2, 0.25) is 0 Å². The summed E-state index contributed by atoms with van der Waals surface area (Å²) in [4.78, 5) is 28.5. The number of amides is 1. The Balaban J connectivity index is 1.59. The van der Waals surface area contributed by atoms with E-state index in [2.05, 4.69) is 21.2 Å². The van der Waals surface area contributed by atoms with Gasteiger partial charge < -0.3 is 14.6 Å². The molecule has 4 aromatic rings. The first-order chi connectivity index (χ1) is 15.1. The maximum Gasteiger partial charge on any atom is 0.257 e. The second kappa shape index (κ2) is 8.04. The lowest BCUT2D eigenvalue weighted by atomic mass is 10.0. The second-order valence-corrected chi connectivity index (χ2v) is 8.40. The topological polar surface area (TPSA) is 62.6 Å². The summed E-state index contributed by atoms with van der Waals surface area (Å²) in [5, 5.41) is 3.86. The van der Waals surface area contributed by atoms with Crippen molar-refractivity contribution in [1.82, 2.24) is 4.90 Å². The average molecular weight is 475 g/mol. The van der Waals surface area contributed by atoms with Crippen molar-refractivity contribution in [3.8, 4) is 0 Å². The van der Waals surface area contributed by atoms with Gasteiger partial charge in [-0.15, -0.1) is 0 Å². The van der Waals surface area contributed by atoms with Gasteiger partial charge in [-0.2, -0.15) is 0 Å². The Kier molecular flexibility index (Phi) is 5.08. The smallest absolute Gasteiger partial charge is 0.257 e. The summed E-state index contributed by atoms with van der Waals surface area (Å²) in [6, 6.07) is 22.7. The summed E-state index contributed by atoms with van der Waals surface area (Å²) >= 11 is 3.42. The van der Waals surface area contributed by atoms with E-state index in [1.807, 2.05) is 54.6 Å². The monoisotopic (exact) mass is 474 g/mol. The fraction of sp³-hybridized carbons (Fsp3) is 0.120. The van der Waals surface area contributed by atoms with E-state index >= 15 is 0 Å². The van der Waals surface area contributed by atoms with E-state index in [1.165, 1.54) is 6.26 Å². The minimum absolute atomic E-state index is 0.107. The molecule has 154 valence electrons. The van der Waals surface area contributed by atoms with Crippen molar-refractivity contribution in [2.24, 2.45) is 0 Å². The Morgan fingerprint density at radius 3 is 2.58 bits per heavy atom. The molecule has 1 aliphatic heterocycles. The number of nitrogens with one attached hydrogen (secondary N) is 1. The highest BCUT2D eigenvalue weighted by atomic mass is 79.9. The molecule has 1 atom stereocenters. The lowest BCUT2D eigenvalue weighted by Gasteiger charge is -2.37. The van der Waals surface area contributed by atoms with E-state index in [0.717, 1.165) is 10.0 Å². The Bertz CT molecular complexity index is 1330. The zero-order valence-electron chi connectivity index (χ0n) is 16.5. The largest absolute Gasteiger partial charge is 0.464 e. The molecule has 0 bridgehead atoms. The van der Waals surface area contributed by atoms with Crippen molar-refractivity contribution < 1.29 is 9.21 Å². The summed E-state index contributed by atoms with van der Waals surface area (Å²) in [6.45, 7) is 0.463. The highest BCUT2D eigenvalue weighted by Gasteiger charge is 2.34. The molecule has 1 aromatic heterocycles. The summed E-state index contributed by atoms with van der Waals surface area (Å²) in [5.74, 6) is -0.107. The molecule has 5 nitrogen and oxygen atoms in total. The van der Waals surface area contributed by atoms with Gasteiger partial charge in [0.05, 0.1) is 16.5 Å². The Hall–Kier alpha value is -3.38. The van der Waals surface area contributed by atoms with E-state index in [-0.39, 0.29) is 11.3 Å². The summed E-state index contributed by atoms with van der Waals surface area (Å²) in [7, 11) is 0. The molecule has 5 rings (SSSR count). The van der Waals surface area contributed by atoms with Crippen molar-refractivity contribution in [3.05, 3.63) is 110 Å². The molecule has 0 saturated carbocycles. The Morgan fingerprint density at radius 2 is 1.74 bits per heavy atom. The number of carbonyl (C=O) groups excluding carboxylic acids is 1. The van der Waals surface area contributed by atoms with Crippen LogP contribution in [0.25, 0.3) is 11.0 Å². The molecule has 1 unspecified atom stereocenters. The molecule has 0 aliphatic carbocycles. The maximum atomic E-state index is 13.4. The van der Waals surface area contributed by atoms with Gasteiger partial charge in [0.15, 0.2) is 5.43 Å². The van der Waals surface area contributed by atoms with Gasteiger partial charge in [-0.05, 0) is 42.3 Å². The first-order valence-electron chi connectivity index (χ1n) is 10.0. The molecule has 6 heteroatoms. The Morgan fingerprint density at radius 1 is 0.968 bits per heavy atom. The highest BCUT2D eigenvalue weighted by molar-refractivity contribution is 9.10. The third-order valence-corrected chi connectivity index (χ3v) is 6.06. The normalized spacial score (nSPS) is 15.6. The first kappa shape index (κ1) is 19.6. The fourth-order valence-electron chi connectivity index (χ4n) is 3.97. The van der Waals surface area contributed by atoms with Crippen LogP contribution in [0.15, 0.2) is 92.7 Å². The average Bonchev–Trinajstić information content (AvgIpc) is 2.80. The third-order valence-electron chi connectivity index (χ3n) is 5.56. The van der Waals surface area contributed by atoms with Crippen LogP contribution in [0.5, 0.6) is 0 Å². The molecule has 0 saturated heterocycles. The van der Waals surface area contributed by atoms with Crippen molar-refractivity contribution >= 4 is 38.5 Å². The quantitative estimate of drug-likeness (QED) is 0.432. The lowest BCUT2D eigenvalue weighted by Crippen LogP contribution is -2.45. The number of fused-ring (bicyclic) bond motifs is 2. The first-order valence-corrected chi connectivity index (χ1v) is 10.8. The van der Waals surface area contributed by atoms with Gasteiger partial charge in [0.25, 0.3) is 5.91 Å². The summed E-state index contributed by atoms with van der Waals surface area (Å²) < 4.78 is 6.56. The Labute approximate surface area is 187 Å². The number of rotatable bonds is 4. The van der Waals surface area contributed by atoms with E-state index in [9.17, 15) is 9.59 Å². The molecule has 2 heterocycles. The van der Waals surface area contributed by atoms with Gasteiger partial charge >= 0.3 is 0 Å². The molecule has 1 amide bonds. The molecule has 0 radical (unpaired) electrons. The maximum absolute atomic E-state index is 13.4. The fourth-order valence-corrected chi connectivity index (χ4v) is 4.33. The van der Waals surface area contributed by atoms with Crippen LogP contribution in [-0.4, -0.2) is 17.4 Å². The number of hydrogen-bond acceptors (Lipinski definition) is 4. The van der Waals surface area contributed by atoms with Crippen molar-refractivity contribution in [3.63, 3.8) is 0 Å². The molecule has 0 spiro atoms. The number of benzene rings is 3. The number of carbonyl (C=O) groups is 1. The van der Waals surface area contributed by atoms with Gasteiger partial charge in [0.1, 0.15) is 18.0 Å². The lowest BCUT2D eigenvalue weighted by molar-refractivity contribution is 0.0683. The van der Waals surface area contributed by atoms with E-state index in [1.54, 1.807) is 23.1 Å². The van der Waals surface area contributed by atoms with Crippen molar-refractivity contribution in [1.29, 1.82) is 0 Å². The van der Waals surface area contributed by atoms with Crippen LogP contribution in [0.4, 0.5) is 5.69 Å². The van der Waals surface area contributed by atoms with Gasteiger partial charge in [-0.3, -0.25) is 9.59 Å². The van der Waals surface area contributed by atoms with Crippen LogP contribution in [-0.2, 0) is 6.42 Å². The van der Waals surface area contributed by atoms with Crippen LogP contribution in [0, 0.1) is 0 Å². The van der Waals surface area contributed by atoms with E-state index in [4.69, 9.17) is 4.42 Å². The minimum Gasteiger partial charge on any atom is -0.464 e. The van der Waals surface area contributed by atoms with Crippen molar-refractivity contribution in [2.75, 3.05) is 11.9 Å². The second-order valence-electron chi connectivity index (χ2n) is 7.49. The predicted molar refractivity (Wildman–Crippen MR) is 124 cm³/mol. The van der Waals surface area contributed by atoms with Crippen LogP contribution >= 0.6 is 15.9 Å². The standard InChI is InChI=1S/C25H19BrN2O3/c26-17-10-11-22-19(14-17)23(29)20(15-31-22)24-27-21-9-5-4-8-18(21)25(30)28(24)13-12-16-6-2-1-3-7-16/h1-11,14-15,24,27H,12-13H2. The van der Waals surface area contributed by atoms with E-state index < -0.39 is 6.17 Å². The molecular weight excluding hydrogens is 456 g/mol. The van der Waals surface area contributed by atoms with Gasteiger partial charge in [-0.1, -0.05) is 58.4 Å². The molecule has 3 aromatic carbocycles. The molecular formula is C25H19BrN2O3.